The van der Waals surface area contributed by atoms with Crippen molar-refractivity contribution in [2.45, 2.75) is 6.42 Å². The Morgan fingerprint density at radius 1 is 1.30 bits per heavy atom. The summed E-state index contributed by atoms with van der Waals surface area (Å²) in [6.07, 6.45) is 3.08. The molecular weight excluding hydrogens is 324 g/mol. The number of carboxylic acids is 1. The maximum Gasteiger partial charge on any atom is 0.327 e. The molecule has 20 heavy (non-hydrogen) atoms. The maximum atomic E-state index is 11.8. The smallest absolute Gasteiger partial charge is 0.327 e. The molecule has 0 amide bonds. The van der Waals surface area contributed by atoms with Crippen LogP contribution in [0.2, 0.25) is 0 Å². The van der Waals surface area contributed by atoms with Crippen LogP contribution in [-0.4, -0.2) is 24.2 Å². The third kappa shape index (κ3) is 2.41. The summed E-state index contributed by atoms with van der Waals surface area (Å²) < 4.78 is 5.29. The zero-order valence-corrected chi connectivity index (χ0v) is 12.4. The molecule has 0 aliphatic heterocycles. The van der Waals surface area contributed by atoms with Crippen molar-refractivity contribution in [2.24, 2.45) is 5.41 Å². The van der Waals surface area contributed by atoms with E-state index >= 15 is 0 Å². The molecule has 1 N–H and O–H groups in total. The number of halogens is 1. The second kappa shape index (κ2) is 5.63. The number of esters is 1. The molecule has 1 aromatic rings. The van der Waals surface area contributed by atoms with E-state index in [2.05, 4.69) is 20.7 Å². The number of rotatable bonds is 3. The van der Waals surface area contributed by atoms with Crippen LogP contribution in [0.1, 0.15) is 12.0 Å². The van der Waals surface area contributed by atoms with Crippen LogP contribution in [0.25, 0.3) is 5.57 Å². The van der Waals surface area contributed by atoms with Crippen molar-refractivity contribution >= 4 is 33.4 Å². The monoisotopic (exact) mass is 336 g/mol. The van der Waals surface area contributed by atoms with Gasteiger partial charge in [-0.25, -0.2) is 0 Å². The number of ether oxygens (including phenoxy) is 1. The Morgan fingerprint density at radius 3 is 2.45 bits per heavy atom. The highest BCUT2D eigenvalue weighted by atomic mass is 79.9. The number of aliphatic carboxylic acids is 1. The number of carboxylic acid groups (broad SMARTS) is 1. The molecule has 0 bridgehead atoms. The van der Waals surface area contributed by atoms with Gasteiger partial charge in [0, 0.05) is 10.9 Å². The molecule has 0 saturated carbocycles. The van der Waals surface area contributed by atoms with Crippen LogP contribution in [0, 0.1) is 5.41 Å². The molecule has 0 heterocycles. The first-order valence-electron chi connectivity index (χ1n) is 5.96. The van der Waals surface area contributed by atoms with Crippen molar-refractivity contribution in [2.75, 3.05) is 7.11 Å². The van der Waals surface area contributed by atoms with E-state index in [1.165, 1.54) is 13.2 Å². The van der Waals surface area contributed by atoms with Crippen molar-refractivity contribution < 1.29 is 19.4 Å². The maximum absolute atomic E-state index is 11.8. The Bertz CT molecular complexity index is 604. The summed E-state index contributed by atoms with van der Waals surface area (Å²) in [5.41, 5.74) is 0.164. The molecule has 0 fully saturated rings. The molecule has 1 aromatic carbocycles. The van der Waals surface area contributed by atoms with Gasteiger partial charge in [-0.2, -0.15) is 0 Å². The number of allylic oxidation sites excluding steroid dienone is 3. The number of carbonyl (C=O) groups is 2. The van der Waals surface area contributed by atoms with Crippen LogP contribution in [0.4, 0.5) is 0 Å². The van der Waals surface area contributed by atoms with E-state index in [-0.39, 0.29) is 6.42 Å². The van der Waals surface area contributed by atoms with Gasteiger partial charge < -0.3 is 9.84 Å². The molecule has 1 aliphatic carbocycles. The second-order valence-electron chi connectivity index (χ2n) is 4.46. The summed E-state index contributed by atoms with van der Waals surface area (Å²) in [5, 5.41) is 9.37. The molecule has 1 aliphatic rings. The third-order valence-corrected chi connectivity index (χ3v) is 3.98. The fourth-order valence-electron chi connectivity index (χ4n) is 2.14. The van der Waals surface area contributed by atoms with Gasteiger partial charge in [0.15, 0.2) is 5.41 Å². The lowest BCUT2D eigenvalue weighted by Crippen LogP contribution is -2.39. The molecule has 0 radical (unpaired) electrons. The predicted octanol–water partition coefficient (Wildman–Crippen LogP) is 3.00. The van der Waals surface area contributed by atoms with Crippen molar-refractivity contribution in [1.82, 2.24) is 0 Å². The van der Waals surface area contributed by atoms with Crippen LogP contribution >= 0.6 is 15.9 Å². The van der Waals surface area contributed by atoms with E-state index in [1.54, 1.807) is 6.08 Å². The molecule has 0 spiro atoms. The summed E-state index contributed by atoms with van der Waals surface area (Å²) >= 11 is 3.39. The highest BCUT2D eigenvalue weighted by molar-refractivity contribution is 9.11. The van der Waals surface area contributed by atoms with E-state index in [0.29, 0.717) is 4.48 Å². The molecule has 4 nitrogen and oxygen atoms in total. The van der Waals surface area contributed by atoms with Crippen LogP contribution in [0.3, 0.4) is 0 Å². The first-order chi connectivity index (χ1) is 9.51. The Balaban J connectivity index is 2.42. The minimum Gasteiger partial charge on any atom is -0.480 e. The van der Waals surface area contributed by atoms with Crippen molar-refractivity contribution in [1.29, 1.82) is 0 Å². The molecule has 1 unspecified atom stereocenters. The summed E-state index contributed by atoms with van der Waals surface area (Å²) in [7, 11) is 1.19. The fourth-order valence-corrected chi connectivity index (χ4v) is 2.95. The van der Waals surface area contributed by atoms with Gasteiger partial charge in [-0.05, 0) is 11.1 Å². The van der Waals surface area contributed by atoms with E-state index in [0.717, 1.165) is 11.1 Å². The van der Waals surface area contributed by atoms with Crippen LogP contribution in [-0.2, 0) is 14.3 Å². The molecule has 0 saturated heterocycles. The lowest BCUT2D eigenvalue weighted by molar-refractivity contribution is -0.162. The standard InChI is InChI=1S/C15H13BrO4/c1-20-14(19)15(13(17)18)8-7-11(12(16)9-15)10-5-3-2-4-6-10/h2-8H,9H2,1H3,(H,17,18). The number of benzene rings is 1. The van der Waals surface area contributed by atoms with Crippen LogP contribution < -0.4 is 0 Å². The molecule has 104 valence electrons. The van der Waals surface area contributed by atoms with Crippen molar-refractivity contribution in [3.63, 3.8) is 0 Å². The van der Waals surface area contributed by atoms with Gasteiger partial charge in [0.2, 0.25) is 0 Å². The normalized spacial score (nSPS) is 21.7. The van der Waals surface area contributed by atoms with E-state index < -0.39 is 17.4 Å². The van der Waals surface area contributed by atoms with Crippen LogP contribution in [0.15, 0.2) is 47.0 Å². The summed E-state index contributed by atoms with van der Waals surface area (Å²) in [5.74, 6) is -1.99. The summed E-state index contributed by atoms with van der Waals surface area (Å²) in [6, 6.07) is 9.55. The zero-order valence-electron chi connectivity index (χ0n) is 10.8. The lowest BCUT2D eigenvalue weighted by atomic mass is 9.79. The number of hydrogen-bond acceptors (Lipinski definition) is 3. The van der Waals surface area contributed by atoms with Crippen LogP contribution in [0.5, 0.6) is 0 Å². The molecule has 5 heteroatoms. The van der Waals surface area contributed by atoms with E-state index in [4.69, 9.17) is 0 Å². The first-order valence-corrected chi connectivity index (χ1v) is 6.75. The average Bonchev–Trinajstić information content (AvgIpc) is 2.46. The lowest BCUT2D eigenvalue weighted by Gasteiger charge is -2.27. The van der Waals surface area contributed by atoms with E-state index in [9.17, 15) is 14.7 Å². The van der Waals surface area contributed by atoms with Crippen molar-refractivity contribution in [3.05, 3.63) is 52.5 Å². The average molecular weight is 337 g/mol. The molecule has 2 rings (SSSR count). The Labute approximate surface area is 124 Å². The third-order valence-electron chi connectivity index (χ3n) is 3.28. The van der Waals surface area contributed by atoms with Gasteiger partial charge in [-0.3, -0.25) is 9.59 Å². The van der Waals surface area contributed by atoms with Gasteiger partial charge in [-0.15, -0.1) is 0 Å². The number of carbonyl (C=O) groups excluding carboxylic acids is 1. The Kier molecular flexibility index (Phi) is 4.09. The van der Waals surface area contributed by atoms with Gasteiger partial charge in [0.1, 0.15) is 0 Å². The van der Waals surface area contributed by atoms with Gasteiger partial charge in [-0.1, -0.05) is 58.4 Å². The first kappa shape index (κ1) is 14.5. The van der Waals surface area contributed by atoms with Gasteiger partial charge in [0.25, 0.3) is 0 Å². The van der Waals surface area contributed by atoms with Gasteiger partial charge in [0.05, 0.1) is 7.11 Å². The summed E-state index contributed by atoms with van der Waals surface area (Å²) in [4.78, 5) is 23.3. The Morgan fingerprint density at radius 2 is 1.95 bits per heavy atom. The zero-order chi connectivity index (χ0) is 14.8. The minimum atomic E-state index is -1.66. The minimum absolute atomic E-state index is 0.0374. The Hall–Kier alpha value is -1.88. The SMILES string of the molecule is COC(=O)C1(C(=O)O)C=CC(c2ccccc2)=C(Br)C1. The largest absolute Gasteiger partial charge is 0.480 e. The highest BCUT2D eigenvalue weighted by Gasteiger charge is 2.47. The van der Waals surface area contributed by atoms with E-state index in [1.807, 2.05) is 30.3 Å². The topological polar surface area (TPSA) is 63.6 Å². The molecular formula is C15H13BrO4. The second-order valence-corrected chi connectivity index (χ2v) is 5.42. The van der Waals surface area contributed by atoms with Gasteiger partial charge >= 0.3 is 11.9 Å². The number of methoxy groups -OCH3 is 1. The molecule has 0 aromatic heterocycles. The molecule has 1 atom stereocenters. The van der Waals surface area contributed by atoms with Crippen molar-refractivity contribution in [3.8, 4) is 0 Å². The predicted molar refractivity (Wildman–Crippen MR) is 78.1 cm³/mol. The quantitative estimate of drug-likeness (QED) is 0.680. The fraction of sp³-hybridized carbons (Fsp3) is 0.200. The summed E-state index contributed by atoms with van der Waals surface area (Å²) in [6.45, 7) is 0. The number of hydrogen-bond donors (Lipinski definition) is 1. The highest BCUT2D eigenvalue weighted by Crippen LogP contribution is 2.41.